The number of thioether (sulfide) groups is 1. The Morgan fingerprint density at radius 3 is 2.70 bits per heavy atom. The maximum Gasteiger partial charge on any atom is 0.242 e. The number of methoxy groups -OCH3 is 1. The first-order valence-electron chi connectivity index (χ1n) is 9.79. The fourth-order valence-electron chi connectivity index (χ4n) is 3.60. The van der Waals surface area contributed by atoms with Crippen LogP contribution in [0.3, 0.4) is 0 Å². The van der Waals surface area contributed by atoms with Crippen LogP contribution in [0.25, 0.3) is 0 Å². The number of benzene rings is 2. The Hall–Kier alpha value is -2.58. The summed E-state index contributed by atoms with van der Waals surface area (Å²) < 4.78 is 7.05. The van der Waals surface area contributed by atoms with Crippen LogP contribution in [0.4, 0.5) is 5.69 Å². The predicted octanol–water partition coefficient (Wildman–Crippen LogP) is 4.92. The summed E-state index contributed by atoms with van der Waals surface area (Å²) in [5.41, 5.74) is 1.48. The fraction of sp³-hybridized carbons (Fsp3) is 0.333. The second kappa shape index (κ2) is 9.49. The number of nitrogens with one attached hydrogen (secondary N) is 1. The van der Waals surface area contributed by atoms with Crippen molar-refractivity contribution >= 4 is 35.0 Å². The molecule has 0 saturated heterocycles. The first-order chi connectivity index (χ1) is 14.7. The largest absolute Gasteiger partial charge is 0.495 e. The van der Waals surface area contributed by atoms with Crippen molar-refractivity contribution in [2.24, 2.45) is 0 Å². The molecule has 0 radical (unpaired) electrons. The molecule has 4 rings (SSSR count). The van der Waals surface area contributed by atoms with Crippen molar-refractivity contribution in [3.8, 4) is 5.75 Å². The maximum atomic E-state index is 13.3. The Labute approximate surface area is 184 Å². The smallest absolute Gasteiger partial charge is 0.242 e. The summed E-state index contributed by atoms with van der Waals surface area (Å²) in [4.78, 5) is 13.3. The number of aromatic nitrogens is 4. The fourth-order valence-corrected chi connectivity index (χ4v) is 4.90. The summed E-state index contributed by atoms with van der Waals surface area (Å²) in [5.74, 6) is 0.382. The van der Waals surface area contributed by atoms with Crippen molar-refractivity contribution in [2.75, 3.05) is 12.4 Å². The van der Waals surface area contributed by atoms with Crippen LogP contribution in [0.15, 0.2) is 53.7 Å². The van der Waals surface area contributed by atoms with Gasteiger partial charge in [-0.15, -0.1) is 5.10 Å². The highest BCUT2D eigenvalue weighted by Gasteiger charge is 2.28. The van der Waals surface area contributed by atoms with Gasteiger partial charge in [0.1, 0.15) is 11.0 Å². The number of carbonyl (C=O) groups is 1. The average molecular weight is 444 g/mol. The van der Waals surface area contributed by atoms with Gasteiger partial charge >= 0.3 is 0 Å². The highest BCUT2D eigenvalue weighted by Crippen LogP contribution is 2.38. The van der Waals surface area contributed by atoms with E-state index in [1.54, 1.807) is 25.3 Å². The molecule has 30 heavy (non-hydrogen) atoms. The molecule has 1 amide bonds. The molecule has 0 aliphatic heterocycles. The molecule has 0 spiro atoms. The van der Waals surface area contributed by atoms with Crippen LogP contribution in [0.5, 0.6) is 5.75 Å². The summed E-state index contributed by atoms with van der Waals surface area (Å²) in [5, 5.41) is 15.8. The van der Waals surface area contributed by atoms with Gasteiger partial charge in [0.25, 0.3) is 0 Å². The molecule has 1 aliphatic carbocycles. The molecular weight excluding hydrogens is 422 g/mol. The second-order valence-corrected chi connectivity index (χ2v) is 8.57. The molecule has 1 saturated carbocycles. The molecule has 2 aromatic carbocycles. The second-order valence-electron chi connectivity index (χ2n) is 7.09. The lowest BCUT2D eigenvalue weighted by molar-refractivity contribution is -0.115. The summed E-state index contributed by atoms with van der Waals surface area (Å²) >= 11 is 7.57. The molecule has 1 unspecified atom stereocenters. The zero-order valence-electron chi connectivity index (χ0n) is 16.5. The third-order valence-electron chi connectivity index (χ3n) is 5.12. The number of amides is 1. The minimum Gasteiger partial charge on any atom is -0.495 e. The van der Waals surface area contributed by atoms with Crippen molar-refractivity contribution in [1.82, 2.24) is 20.2 Å². The van der Waals surface area contributed by atoms with E-state index in [9.17, 15) is 4.79 Å². The Morgan fingerprint density at radius 1 is 1.23 bits per heavy atom. The van der Waals surface area contributed by atoms with Crippen LogP contribution in [-0.4, -0.2) is 33.2 Å². The van der Waals surface area contributed by atoms with Crippen LogP contribution >= 0.6 is 23.4 Å². The van der Waals surface area contributed by atoms with Gasteiger partial charge in [0, 0.05) is 5.69 Å². The third kappa shape index (κ3) is 4.60. The highest BCUT2D eigenvalue weighted by molar-refractivity contribution is 8.00. The number of tetrazole rings is 1. The van der Waals surface area contributed by atoms with E-state index >= 15 is 0 Å². The van der Waals surface area contributed by atoms with E-state index in [0.717, 1.165) is 18.4 Å². The SMILES string of the molecule is COc1ccc(NC(=O)C(Sc2nnnn2C2CCCC2)c2ccccc2)cc1Cl. The van der Waals surface area contributed by atoms with E-state index in [1.165, 1.54) is 24.6 Å². The van der Waals surface area contributed by atoms with E-state index < -0.39 is 5.25 Å². The molecule has 7 nitrogen and oxygen atoms in total. The molecular formula is C21H22ClN5O2S. The maximum absolute atomic E-state index is 13.3. The topological polar surface area (TPSA) is 81.9 Å². The Balaban J connectivity index is 1.58. The number of anilines is 1. The summed E-state index contributed by atoms with van der Waals surface area (Å²) in [6, 6.07) is 15.1. The first-order valence-corrected chi connectivity index (χ1v) is 11.1. The molecule has 1 fully saturated rings. The molecule has 0 bridgehead atoms. The zero-order chi connectivity index (χ0) is 20.9. The number of hydrogen-bond acceptors (Lipinski definition) is 6. The number of hydrogen-bond donors (Lipinski definition) is 1. The Bertz CT molecular complexity index is 1010. The van der Waals surface area contributed by atoms with E-state index in [1.807, 2.05) is 35.0 Å². The van der Waals surface area contributed by atoms with Crippen molar-refractivity contribution < 1.29 is 9.53 Å². The molecule has 1 aliphatic rings. The van der Waals surface area contributed by atoms with Gasteiger partial charge in [-0.2, -0.15) is 0 Å². The van der Waals surface area contributed by atoms with E-state index in [0.29, 0.717) is 27.7 Å². The van der Waals surface area contributed by atoms with Crippen molar-refractivity contribution in [3.63, 3.8) is 0 Å². The number of nitrogens with zero attached hydrogens (tertiary/aromatic N) is 4. The minimum atomic E-state index is -0.516. The first kappa shape index (κ1) is 20.7. The molecule has 1 aromatic heterocycles. The predicted molar refractivity (Wildman–Crippen MR) is 117 cm³/mol. The quantitative estimate of drug-likeness (QED) is 0.522. The van der Waals surface area contributed by atoms with Crippen LogP contribution in [-0.2, 0) is 4.79 Å². The average Bonchev–Trinajstić information content (AvgIpc) is 3.44. The van der Waals surface area contributed by atoms with Gasteiger partial charge in [-0.05, 0) is 47.0 Å². The van der Waals surface area contributed by atoms with Gasteiger partial charge in [0.2, 0.25) is 11.1 Å². The lowest BCUT2D eigenvalue weighted by Crippen LogP contribution is -2.20. The number of carbonyl (C=O) groups excluding carboxylic acids is 1. The van der Waals surface area contributed by atoms with Gasteiger partial charge in [0.05, 0.1) is 18.2 Å². The standard InChI is InChI=1S/C21H22ClN5O2S/c1-29-18-12-11-15(13-17(18)22)23-20(28)19(14-7-3-2-4-8-14)30-21-24-25-26-27(21)16-9-5-6-10-16/h2-4,7-8,11-13,16,19H,5-6,9-10H2,1H3,(H,23,28). The number of halogens is 1. The minimum absolute atomic E-state index is 0.173. The number of ether oxygens (including phenoxy) is 1. The van der Waals surface area contributed by atoms with Crippen molar-refractivity contribution in [1.29, 1.82) is 0 Å². The zero-order valence-corrected chi connectivity index (χ0v) is 18.1. The van der Waals surface area contributed by atoms with Crippen LogP contribution in [0, 0.1) is 0 Å². The molecule has 3 aromatic rings. The number of rotatable bonds is 7. The third-order valence-corrected chi connectivity index (χ3v) is 6.61. The summed E-state index contributed by atoms with van der Waals surface area (Å²) in [7, 11) is 1.55. The normalized spacial score (nSPS) is 15.1. The molecule has 9 heteroatoms. The van der Waals surface area contributed by atoms with Gasteiger partial charge in [-0.1, -0.05) is 66.5 Å². The van der Waals surface area contributed by atoms with Crippen molar-refractivity contribution in [3.05, 3.63) is 59.1 Å². The highest BCUT2D eigenvalue weighted by atomic mass is 35.5. The lowest BCUT2D eigenvalue weighted by atomic mass is 10.1. The van der Waals surface area contributed by atoms with E-state index in [4.69, 9.17) is 16.3 Å². The Morgan fingerprint density at radius 2 is 2.00 bits per heavy atom. The summed E-state index contributed by atoms with van der Waals surface area (Å²) in [6.07, 6.45) is 4.47. The van der Waals surface area contributed by atoms with Gasteiger partial charge in [-0.25, -0.2) is 4.68 Å². The van der Waals surface area contributed by atoms with Crippen LogP contribution in [0.1, 0.15) is 42.5 Å². The lowest BCUT2D eigenvalue weighted by Gasteiger charge is -2.18. The van der Waals surface area contributed by atoms with E-state index in [-0.39, 0.29) is 5.91 Å². The molecule has 1 N–H and O–H groups in total. The Kier molecular flexibility index (Phi) is 6.54. The van der Waals surface area contributed by atoms with Gasteiger partial charge in [-0.3, -0.25) is 4.79 Å². The molecule has 1 atom stereocenters. The monoisotopic (exact) mass is 443 g/mol. The van der Waals surface area contributed by atoms with Gasteiger partial charge < -0.3 is 10.1 Å². The van der Waals surface area contributed by atoms with Crippen LogP contribution < -0.4 is 10.1 Å². The molecule has 1 heterocycles. The van der Waals surface area contributed by atoms with Gasteiger partial charge in [0.15, 0.2) is 0 Å². The summed E-state index contributed by atoms with van der Waals surface area (Å²) in [6.45, 7) is 0. The molecule has 156 valence electrons. The van der Waals surface area contributed by atoms with Crippen LogP contribution in [0.2, 0.25) is 5.02 Å². The van der Waals surface area contributed by atoms with Crippen molar-refractivity contribution in [2.45, 2.75) is 42.1 Å². The van der Waals surface area contributed by atoms with E-state index in [2.05, 4.69) is 20.8 Å².